The Balaban J connectivity index is 1.96. The van der Waals surface area contributed by atoms with Crippen LogP contribution in [0, 0.1) is 0 Å². The molecular weight excluding hydrogens is 300 g/mol. The Morgan fingerprint density at radius 3 is 2.08 bits per heavy atom. The fourth-order valence-corrected chi connectivity index (χ4v) is 2.99. The van der Waals surface area contributed by atoms with Crippen molar-refractivity contribution >= 4 is 17.3 Å². The Bertz CT molecular complexity index is 869. The first-order chi connectivity index (χ1) is 11.8. The maximum Gasteiger partial charge on any atom is 0.320 e. The average Bonchev–Trinajstić information content (AvgIpc) is 3.17. The summed E-state index contributed by atoms with van der Waals surface area (Å²) >= 11 is 0. The van der Waals surface area contributed by atoms with Gasteiger partial charge in [-0.25, -0.2) is 4.79 Å². The normalized spacial score (nSPS) is 17.3. The molecule has 0 saturated heterocycles. The SMILES string of the molecule is O=C1NC(c2ccccc2)=C(c2ccccc2)C(c2ccco2)N1. The molecule has 3 aromatic rings. The number of nitrogens with one attached hydrogen (secondary N) is 2. The summed E-state index contributed by atoms with van der Waals surface area (Å²) in [6.45, 7) is 0. The minimum Gasteiger partial charge on any atom is -0.467 e. The molecule has 4 nitrogen and oxygen atoms in total. The number of amides is 2. The molecule has 2 amide bonds. The lowest BCUT2D eigenvalue weighted by Crippen LogP contribution is -2.42. The fraction of sp³-hybridized carbons (Fsp3) is 0.0500. The van der Waals surface area contributed by atoms with Gasteiger partial charge < -0.3 is 15.1 Å². The summed E-state index contributed by atoms with van der Waals surface area (Å²) in [7, 11) is 0. The first kappa shape index (κ1) is 14.3. The Kier molecular flexibility index (Phi) is 3.63. The average molecular weight is 316 g/mol. The number of hydrogen-bond donors (Lipinski definition) is 2. The summed E-state index contributed by atoms with van der Waals surface area (Å²) in [5.74, 6) is 0.706. The molecule has 1 unspecified atom stereocenters. The van der Waals surface area contributed by atoms with Gasteiger partial charge in [-0.3, -0.25) is 0 Å². The first-order valence-corrected chi connectivity index (χ1v) is 7.79. The summed E-state index contributed by atoms with van der Waals surface area (Å²) in [6.07, 6.45) is 1.62. The molecule has 118 valence electrons. The second-order valence-electron chi connectivity index (χ2n) is 5.57. The maximum absolute atomic E-state index is 12.2. The molecule has 2 N–H and O–H groups in total. The summed E-state index contributed by atoms with van der Waals surface area (Å²) in [5.41, 5.74) is 3.77. The van der Waals surface area contributed by atoms with Gasteiger partial charge in [0, 0.05) is 5.57 Å². The molecule has 1 aromatic heterocycles. The molecule has 0 aliphatic carbocycles. The van der Waals surface area contributed by atoms with Crippen molar-refractivity contribution in [3.05, 3.63) is 95.9 Å². The predicted octanol–water partition coefficient (Wildman–Crippen LogP) is 4.20. The topological polar surface area (TPSA) is 54.3 Å². The summed E-state index contributed by atoms with van der Waals surface area (Å²) in [5, 5.41) is 5.93. The van der Waals surface area contributed by atoms with Crippen LogP contribution in [0.2, 0.25) is 0 Å². The van der Waals surface area contributed by atoms with Crippen molar-refractivity contribution in [3.63, 3.8) is 0 Å². The first-order valence-electron chi connectivity index (χ1n) is 7.79. The lowest BCUT2D eigenvalue weighted by molar-refractivity contribution is 0.240. The highest BCUT2D eigenvalue weighted by molar-refractivity contribution is 6.02. The van der Waals surface area contributed by atoms with Crippen LogP contribution in [0.5, 0.6) is 0 Å². The molecule has 0 saturated carbocycles. The van der Waals surface area contributed by atoms with E-state index in [-0.39, 0.29) is 12.1 Å². The number of furan rings is 1. The largest absolute Gasteiger partial charge is 0.467 e. The van der Waals surface area contributed by atoms with Gasteiger partial charge in [0.1, 0.15) is 11.8 Å². The molecule has 1 atom stereocenters. The van der Waals surface area contributed by atoms with Crippen LogP contribution in [0.3, 0.4) is 0 Å². The van der Waals surface area contributed by atoms with E-state index in [2.05, 4.69) is 10.6 Å². The molecule has 1 aliphatic heterocycles. The van der Waals surface area contributed by atoms with Crippen LogP contribution in [0.4, 0.5) is 4.79 Å². The highest BCUT2D eigenvalue weighted by atomic mass is 16.3. The number of carbonyl (C=O) groups excluding carboxylic acids is 1. The number of carbonyl (C=O) groups is 1. The number of rotatable bonds is 3. The minimum atomic E-state index is -0.341. The standard InChI is InChI=1S/C20H16N2O2/c23-20-21-18(15-10-5-2-6-11-15)17(14-8-3-1-4-9-14)19(22-20)16-12-7-13-24-16/h1-13,19H,(H2,21,22,23). The Labute approximate surface area is 139 Å². The van der Waals surface area contributed by atoms with Crippen molar-refractivity contribution in [2.45, 2.75) is 6.04 Å². The van der Waals surface area contributed by atoms with Gasteiger partial charge in [-0.1, -0.05) is 60.7 Å². The number of benzene rings is 2. The summed E-state index contributed by atoms with van der Waals surface area (Å²) in [4.78, 5) is 12.2. The lowest BCUT2D eigenvalue weighted by Gasteiger charge is -2.29. The van der Waals surface area contributed by atoms with Crippen LogP contribution < -0.4 is 10.6 Å². The zero-order valence-corrected chi connectivity index (χ0v) is 12.9. The van der Waals surface area contributed by atoms with Crippen molar-refractivity contribution in [1.82, 2.24) is 10.6 Å². The van der Waals surface area contributed by atoms with E-state index >= 15 is 0 Å². The van der Waals surface area contributed by atoms with Crippen LogP contribution in [0.15, 0.2) is 83.5 Å². The Morgan fingerprint density at radius 2 is 1.46 bits per heavy atom. The van der Waals surface area contributed by atoms with Gasteiger partial charge in [0.25, 0.3) is 0 Å². The van der Waals surface area contributed by atoms with Crippen molar-refractivity contribution in [2.24, 2.45) is 0 Å². The second-order valence-corrected chi connectivity index (χ2v) is 5.57. The molecule has 4 rings (SSSR count). The van der Waals surface area contributed by atoms with Gasteiger partial charge in [0.2, 0.25) is 0 Å². The number of urea groups is 1. The molecule has 4 heteroatoms. The van der Waals surface area contributed by atoms with Gasteiger partial charge >= 0.3 is 6.03 Å². The highest BCUT2D eigenvalue weighted by Crippen LogP contribution is 2.37. The summed E-state index contributed by atoms with van der Waals surface area (Å²) < 4.78 is 5.58. The van der Waals surface area contributed by atoms with E-state index in [0.29, 0.717) is 5.76 Å². The van der Waals surface area contributed by atoms with Crippen molar-refractivity contribution in [3.8, 4) is 0 Å². The van der Waals surface area contributed by atoms with Gasteiger partial charge in [-0.2, -0.15) is 0 Å². The van der Waals surface area contributed by atoms with Gasteiger partial charge in [0.05, 0.1) is 12.0 Å². The predicted molar refractivity (Wildman–Crippen MR) is 92.8 cm³/mol. The smallest absolute Gasteiger partial charge is 0.320 e. The fourth-order valence-electron chi connectivity index (χ4n) is 2.99. The zero-order valence-electron chi connectivity index (χ0n) is 12.9. The third-order valence-corrected chi connectivity index (χ3v) is 4.05. The van der Waals surface area contributed by atoms with Crippen molar-refractivity contribution in [1.29, 1.82) is 0 Å². The number of hydrogen-bond acceptors (Lipinski definition) is 2. The van der Waals surface area contributed by atoms with Crippen LogP contribution in [-0.2, 0) is 0 Å². The van der Waals surface area contributed by atoms with Crippen LogP contribution in [-0.4, -0.2) is 6.03 Å². The van der Waals surface area contributed by atoms with Gasteiger partial charge in [-0.15, -0.1) is 0 Å². The molecule has 0 spiro atoms. The second kappa shape index (κ2) is 6.08. The third-order valence-electron chi connectivity index (χ3n) is 4.05. The molecule has 24 heavy (non-hydrogen) atoms. The van der Waals surface area contributed by atoms with Gasteiger partial charge in [-0.05, 0) is 23.3 Å². The van der Waals surface area contributed by atoms with E-state index in [1.807, 2.05) is 72.8 Å². The van der Waals surface area contributed by atoms with Crippen LogP contribution in [0.25, 0.3) is 11.3 Å². The molecule has 2 aromatic carbocycles. The van der Waals surface area contributed by atoms with E-state index < -0.39 is 0 Å². The molecule has 2 heterocycles. The van der Waals surface area contributed by atoms with E-state index in [0.717, 1.165) is 22.4 Å². The monoisotopic (exact) mass is 316 g/mol. The van der Waals surface area contributed by atoms with E-state index in [4.69, 9.17) is 4.42 Å². The van der Waals surface area contributed by atoms with E-state index in [9.17, 15) is 4.79 Å². The lowest BCUT2D eigenvalue weighted by atomic mass is 9.90. The van der Waals surface area contributed by atoms with Crippen molar-refractivity contribution < 1.29 is 9.21 Å². The summed E-state index contributed by atoms with van der Waals surface area (Å²) in [6, 6.07) is 23.0. The highest BCUT2D eigenvalue weighted by Gasteiger charge is 2.31. The van der Waals surface area contributed by atoms with E-state index in [1.165, 1.54) is 0 Å². The van der Waals surface area contributed by atoms with E-state index in [1.54, 1.807) is 6.26 Å². The quantitative estimate of drug-likeness (QED) is 0.761. The molecular formula is C20H16N2O2. The minimum absolute atomic E-state index is 0.241. The molecule has 0 bridgehead atoms. The Hall–Kier alpha value is -3.27. The molecule has 0 fully saturated rings. The maximum atomic E-state index is 12.2. The Morgan fingerprint density at radius 1 is 0.792 bits per heavy atom. The molecule has 0 radical (unpaired) electrons. The molecule has 1 aliphatic rings. The van der Waals surface area contributed by atoms with Gasteiger partial charge in [0.15, 0.2) is 0 Å². The van der Waals surface area contributed by atoms with Crippen LogP contribution >= 0.6 is 0 Å². The third kappa shape index (κ3) is 2.58. The van der Waals surface area contributed by atoms with Crippen LogP contribution in [0.1, 0.15) is 22.9 Å². The zero-order chi connectivity index (χ0) is 16.4. The van der Waals surface area contributed by atoms with Crippen molar-refractivity contribution in [2.75, 3.05) is 0 Å².